The third-order valence-corrected chi connectivity index (χ3v) is 3.97. The molecule has 20 heavy (non-hydrogen) atoms. The van der Waals surface area contributed by atoms with Crippen molar-refractivity contribution in [2.75, 3.05) is 26.2 Å². The van der Waals surface area contributed by atoms with Crippen LogP contribution in [0.25, 0.3) is 0 Å². The standard InChI is InChI=1S/C13H21N5O.ClH/c19-13(7-14-6-11-3-4-11)17-5-1-2-12(8-17)18-10-15-9-16-18;/h9-12,14H,1-8H2;1H. The molecule has 1 aliphatic carbocycles. The van der Waals surface area contributed by atoms with Crippen molar-refractivity contribution in [1.29, 1.82) is 0 Å². The molecule has 1 aromatic rings. The van der Waals surface area contributed by atoms with Crippen LogP contribution in [0.4, 0.5) is 0 Å². The molecule has 1 amide bonds. The first-order chi connectivity index (χ1) is 9.33. The SMILES string of the molecule is Cl.O=C(CNCC1CC1)N1CCCC(n2cncn2)C1. The minimum atomic E-state index is 0. The zero-order valence-electron chi connectivity index (χ0n) is 11.6. The first-order valence-electron chi connectivity index (χ1n) is 7.15. The molecule has 0 radical (unpaired) electrons. The quantitative estimate of drug-likeness (QED) is 0.876. The van der Waals surface area contributed by atoms with Gasteiger partial charge in [-0.15, -0.1) is 12.4 Å². The fraction of sp³-hybridized carbons (Fsp3) is 0.769. The van der Waals surface area contributed by atoms with E-state index in [4.69, 9.17) is 0 Å². The predicted molar refractivity (Wildman–Crippen MR) is 77.7 cm³/mol. The number of likely N-dealkylation sites (tertiary alicyclic amines) is 1. The lowest BCUT2D eigenvalue weighted by Crippen LogP contribution is -2.44. The van der Waals surface area contributed by atoms with E-state index in [1.54, 1.807) is 12.7 Å². The number of rotatable bonds is 5. The summed E-state index contributed by atoms with van der Waals surface area (Å²) in [5, 5.41) is 7.45. The first kappa shape index (κ1) is 15.3. The van der Waals surface area contributed by atoms with E-state index in [1.165, 1.54) is 12.8 Å². The van der Waals surface area contributed by atoms with Gasteiger partial charge in [-0.1, -0.05) is 0 Å². The second-order valence-corrected chi connectivity index (χ2v) is 5.59. The highest BCUT2D eigenvalue weighted by Gasteiger charge is 2.25. The fourth-order valence-electron chi connectivity index (χ4n) is 2.62. The van der Waals surface area contributed by atoms with Crippen molar-refractivity contribution in [3.8, 4) is 0 Å². The largest absolute Gasteiger partial charge is 0.339 e. The summed E-state index contributed by atoms with van der Waals surface area (Å²) in [5.74, 6) is 1.03. The van der Waals surface area contributed by atoms with Crippen LogP contribution in [0.3, 0.4) is 0 Å². The molecule has 7 heteroatoms. The molecule has 0 bridgehead atoms. The summed E-state index contributed by atoms with van der Waals surface area (Å²) in [7, 11) is 0. The molecule has 6 nitrogen and oxygen atoms in total. The average Bonchev–Trinajstić information content (AvgIpc) is 3.10. The molecular weight excluding hydrogens is 278 g/mol. The molecule has 3 rings (SSSR count). The Morgan fingerprint density at radius 3 is 2.90 bits per heavy atom. The van der Waals surface area contributed by atoms with E-state index in [2.05, 4.69) is 15.4 Å². The monoisotopic (exact) mass is 299 g/mol. The second-order valence-electron chi connectivity index (χ2n) is 5.59. The molecule has 1 saturated heterocycles. The van der Waals surface area contributed by atoms with Crippen LogP contribution >= 0.6 is 12.4 Å². The van der Waals surface area contributed by atoms with Gasteiger partial charge in [-0.05, 0) is 38.1 Å². The smallest absolute Gasteiger partial charge is 0.236 e. The van der Waals surface area contributed by atoms with Crippen LogP contribution in [0, 0.1) is 5.92 Å². The van der Waals surface area contributed by atoms with Gasteiger partial charge in [0.25, 0.3) is 0 Å². The molecule has 1 aromatic heterocycles. The van der Waals surface area contributed by atoms with E-state index in [0.29, 0.717) is 6.54 Å². The number of piperidine rings is 1. The Kier molecular flexibility index (Phi) is 5.37. The molecule has 2 heterocycles. The highest BCUT2D eigenvalue weighted by Crippen LogP contribution is 2.27. The van der Waals surface area contributed by atoms with Gasteiger partial charge < -0.3 is 10.2 Å². The molecule has 1 aliphatic heterocycles. The second kappa shape index (κ2) is 7.04. The zero-order valence-corrected chi connectivity index (χ0v) is 12.4. The van der Waals surface area contributed by atoms with Gasteiger partial charge in [0.2, 0.25) is 5.91 Å². The van der Waals surface area contributed by atoms with E-state index >= 15 is 0 Å². The summed E-state index contributed by atoms with van der Waals surface area (Å²) in [5.41, 5.74) is 0. The Morgan fingerprint density at radius 1 is 1.35 bits per heavy atom. The van der Waals surface area contributed by atoms with Gasteiger partial charge in [0.15, 0.2) is 0 Å². The Balaban J connectivity index is 0.00000147. The van der Waals surface area contributed by atoms with Gasteiger partial charge in [0.1, 0.15) is 12.7 Å². The molecule has 2 fully saturated rings. The van der Waals surface area contributed by atoms with Crippen LogP contribution in [0.1, 0.15) is 31.7 Å². The number of nitrogens with one attached hydrogen (secondary N) is 1. The molecule has 0 spiro atoms. The van der Waals surface area contributed by atoms with Gasteiger partial charge in [0.05, 0.1) is 12.6 Å². The van der Waals surface area contributed by atoms with Crippen LogP contribution in [0.15, 0.2) is 12.7 Å². The lowest BCUT2D eigenvalue weighted by Gasteiger charge is -2.32. The van der Waals surface area contributed by atoms with Gasteiger partial charge in [-0.25, -0.2) is 9.67 Å². The molecule has 2 aliphatic rings. The van der Waals surface area contributed by atoms with Gasteiger partial charge >= 0.3 is 0 Å². The number of nitrogens with zero attached hydrogens (tertiary/aromatic N) is 4. The molecule has 1 N–H and O–H groups in total. The first-order valence-corrected chi connectivity index (χ1v) is 7.15. The maximum absolute atomic E-state index is 12.1. The van der Waals surface area contributed by atoms with Gasteiger partial charge in [0, 0.05) is 13.1 Å². The number of halogens is 1. The Morgan fingerprint density at radius 2 is 2.20 bits per heavy atom. The van der Waals surface area contributed by atoms with E-state index in [9.17, 15) is 4.79 Å². The van der Waals surface area contributed by atoms with Crippen molar-refractivity contribution in [2.45, 2.75) is 31.7 Å². The third-order valence-electron chi connectivity index (χ3n) is 3.97. The molecule has 1 saturated carbocycles. The number of hydrogen-bond donors (Lipinski definition) is 1. The molecule has 112 valence electrons. The van der Waals surface area contributed by atoms with E-state index < -0.39 is 0 Å². The highest BCUT2D eigenvalue weighted by atomic mass is 35.5. The topological polar surface area (TPSA) is 63.1 Å². The Bertz CT molecular complexity index is 420. The maximum Gasteiger partial charge on any atom is 0.236 e. The summed E-state index contributed by atoms with van der Waals surface area (Å²) in [6, 6.07) is 0.281. The van der Waals surface area contributed by atoms with Crippen molar-refractivity contribution >= 4 is 18.3 Å². The van der Waals surface area contributed by atoms with Crippen molar-refractivity contribution in [3.05, 3.63) is 12.7 Å². The summed E-state index contributed by atoms with van der Waals surface area (Å²) in [6.45, 7) is 3.09. The zero-order chi connectivity index (χ0) is 13.1. The normalized spacial score (nSPS) is 22.4. The molecule has 1 unspecified atom stereocenters. The minimum Gasteiger partial charge on any atom is -0.339 e. The van der Waals surface area contributed by atoms with E-state index in [0.717, 1.165) is 38.4 Å². The molecule has 0 aromatic carbocycles. The Hall–Kier alpha value is -1.14. The number of aromatic nitrogens is 3. The van der Waals surface area contributed by atoms with Crippen LogP contribution in [-0.4, -0.2) is 51.8 Å². The third kappa shape index (κ3) is 3.93. The van der Waals surface area contributed by atoms with Crippen LogP contribution in [0.2, 0.25) is 0 Å². The van der Waals surface area contributed by atoms with Crippen molar-refractivity contribution < 1.29 is 4.79 Å². The van der Waals surface area contributed by atoms with Crippen LogP contribution in [-0.2, 0) is 4.79 Å². The van der Waals surface area contributed by atoms with E-state index in [-0.39, 0.29) is 24.4 Å². The summed E-state index contributed by atoms with van der Waals surface area (Å²) in [4.78, 5) is 18.1. The van der Waals surface area contributed by atoms with Crippen molar-refractivity contribution in [1.82, 2.24) is 25.0 Å². The lowest BCUT2D eigenvalue weighted by atomic mass is 10.1. The number of hydrogen-bond acceptors (Lipinski definition) is 4. The number of carbonyl (C=O) groups is 1. The van der Waals surface area contributed by atoms with Crippen molar-refractivity contribution in [2.24, 2.45) is 5.92 Å². The Labute approximate surface area is 125 Å². The fourth-order valence-corrected chi connectivity index (χ4v) is 2.62. The summed E-state index contributed by atoms with van der Waals surface area (Å²) >= 11 is 0. The predicted octanol–water partition coefficient (Wildman–Crippen LogP) is 0.863. The highest BCUT2D eigenvalue weighted by molar-refractivity contribution is 5.85. The summed E-state index contributed by atoms with van der Waals surface area (Å²) in [6.07, 6.45) is 8.04. The lowest BCUT2D eigenvalue weighted by molar-refractivity contribution is -0.131. The minimum absolute atomic E-state index is 0. The van der Waals surface area contributed by atoms with E-state index in [1.807, 2.05) is 9.58 Å². The number of amides is 1. The average molecular weight is 300 g/mol. The molecule has 1 atom stereocenters. The molecular formula is C13H22ClN5O. The van der Waals surface area contributed by atoms with Crippen LogP contribution in [0.5, 0.6) is 0 Å². The number of carbonyl (C=O) groups excluding carboxylic acids is 1. The van der Waals surface area contributed by atoms with Crippen molar-refractivity contribution in [3.63, 3.8) is 0 Å². The van der Waals surface area contributed by atoms with Gasteiger partial charge in [-0.2, -0.15) is 5.10 Å². The summed E-state index contributed by atoms with van der Waals surface area (Å²) < 4.78 is 1.87. The van der Waals surface area contributed by atoms with Gasteiger partial charge in [-0.3, -0.25) is 4.79 Å². The maximum atomic E-state index is 12.1. The van der Waals surface area contributed by atoms with Crippen LogP contribution < -0.4 is 5.32 Å².